The lowest BCUT2D eigenvalue weighted by atomic mass is 9.67. The molecule has 264 valence electrons. The van der Waals surface area contributed by atoms with Crippen LogP contribution in [0.4, 0.5) is 17.1 Å². The molecule has 2 aliphatic rings. The highest BCUT2D eigenvalue weighted by atomic mass is 15.1. The van der Waals surface area contributed by atoms with Crippen molar-refractivity contribution in [3.8, 4) is 33.4 Å². The smallest absolute Gasteiger partial charge is 0.0714 e. The van der Waals surface area contributed by atoms with E-state index < -0.39 is 5.41 Å². The Balaban J connectivity index is 1.22. The highest BCUT2D eigenvalue weighted by Gasteiger charge is 2.46. The molecule has 0 atom stereocenters. The van der Waals surface area contributed by atoms with Gasteiger partial charge in [-0.05, 0) is 123 Å². The van der Waals surface area contributed by atoms with E-state index in [9.17, 15) is 0 Å². The third kappa shape index (κ3) is 5.07. The third-order valence-electron chi connectivity index (χ3n) is 12.2. The van der Waals surface area contributed by atoms with Gasteiger partial charge in [-0.2, -0.15) is 0 Å². The van der Waals surface area contributed by atoms with Crippen LogP contribution in [0.2, 0.25) is 0 Å². The van der Waals surface area contributed by atoms with Crippen molar-refractivity contribution in [1.29, 1.82) is 0 Å². The van der Waals surface area contributed by atoms with Gasteiger partial charge in [0.1, 0.15) is 0 Å². The number of rotatable bonds is 6. The molecule has 0 spiro atoms. The Morgan fingerprint density at radius 2 is 0.873 bits per heavy atom. The van der Waals surface area contributed by atoms with Crippen molar-refractivity contribution >= 4 is 17.1 Å². The highest BCUT2D eigenvalue weighted by Crippen LogP contribution is 2.57. The van der Waals surface area contributed by atoms with Crippen LogP contribution >= 0.6 is 0 Å². The summed E-state index contributed by atoms with van der Waals surface area (Å²) in [6.07, 6.45) is 0. The number of hydrogen-bond acceptors (Lipinski definition) is 1. The first kappa shape index (κ1) is 33.2. The maximum Gasteiger partial charge on any atom is 0.0714 e. The van der Waals surface area contributed by atoms with Gasteiger partial charge in [0, 0.05) is 22.5 Å². The van der Waals surface area contributed by atoms with Crippen molar-refractivity contribution in [2.24, 2.45) is 0 Å². The Hall–Kier alpha value is -6.44. The Bertz CT molecular complexity index is 2690. The molecule has 0 unspecified atom stereocenters. The van der Waals surface area contributed by atoms with Crippen molar-refractivity contribution < 1.29 is 0 Å². The van der Waals surface area contributed by atoms with Gasteiger partial charge in [0.2, 0.25) is 0 Å². The van der Waals surface area contributed by atoms with Crippen LogP contribution in [0, 0.1) is 13.8 Å². The molecule has 2 aliphatic carbocycles. The average molecular weight is 706 g/mol. The summed E-state index contributed by atoms with van der Waals surface area (Å²) in [5.41, 5.74) is 20.9. The lowest BCUT2D eigenvalue weighted by Crippen LogP contribution is -2.29. The molecule has 55 heavy (non-hydrogen) atoms. The van der Waals surface area contributed by atoms with Crippen LogP contribution in [-0.4, -0.2) is 0 Å². The number of nitrogens with zero attached hydrogens (tertiary/aromatic N) is 1. The second-order valence-corrected chi connectivity index (χ2v) is 15.9. The van der Waals surface area contributed by atoms with Crippen molar-refractivity contribution in [2.45, 2.75) is 38.5 Å². The zero-order valence-electron chi connectivity index (χ0n) is 31.8. The first-order chi connectivity index (χ1) is 26.8. The van der Waals surface area contributed by atoms with Crippen molar-refractivity contribution in [2.75, 3.05) is 4.90 Å². The highest BCUT2D eigenvalue weighted by molar-refractivity contribution is 5.89. The van der Waals surface area contributed by atoms with Gasteiger partial charge in [-0.25, -0.2) is 0 Å². The number of anilines is 3. The van der Waals surface area contributed by atoms with Crippen LogP contribution in [0.5, 0.6) is 0 Å². The molecule has 0 heterocycles. The predicted octanol–water partition coefficient (Wildman–Crippen LogP) is 14.1. The SMILES string of the molecule is Cc1ccc(C2(c3cc(C)cc(N(c4ccc(-c5ccccc5)cc4)c4ccc5c(c4)C(C)(C)c4ccccc4-5)c3)c3ccccc3-c3ccccc32)cc1. The normalized spacial score (nSPS) is 14.1. The second-order valence-electron chi connectivity index (χ2n) is 15.9. The molecule has 0 radical (unpaired) electrons. The van der Waals surface area contributed by atoms with Crippen LogP contribution in [0.15, 0.2) is 188 Å². The minimum Gasteiger partial charge on any atom is -0.310 e. The van der Waals surface area contributed by atoms with E-state index in [0.717, 1.165) is 17.1 Å². The standard InChI is InChI=1S/C54H43N/c1-36-22-26-40(27-23-36)54(50-20-12-9-17-46(50)47-18-10-13-21-51(47)54)41-32-37(2)33-44(34-41)55(42-28-24-39(25-29-42)38-14-6-5-7-15-38)43-30-31-48-45-16-8-11-19-49(45)53(3,4)52(48)35-43/h5-35H,1-4H3. The van der Waals surface area contributed by atoms with Gasteiger partial charge in [0.05, 0.1) is 5.41 Å². The molecule has 0 bridgehead atoms. The van der Waals surface area contributed by atoms with Gasteiger partial charge in [0.15, 0.2) is 0 Å². The van der Waals surface area contributed by atoms with Crippen LogP contribution in [0.3, 0.4) is 0 Å². The summed E-state index contributed by atoms with van der Waals surface area (Å²) in [7, 11) is 0. The third-order valence-corrected chi connectivity index (χ3v) is 12.2. The minimum absolute atomic E-state index is 0.116. The fraction of sp³-hybridized carbons (Fsp3) is 0.111. The maximum atomic E-state index is 2.47. The molecule has 0 saturated carbocycles. The zero-order chi connectivity index (χ0) is 37.3. The molecule has 0 aliphatic heterocycles. The molecule has 8 aromatic carbocycles. The largest absolute Gasteiger partial charge is 0.310 e. The zero-order valence-corrected chi connectivity index (χ0v) is 31.8. The molecule has 0 aromatic heterocycles. The Morgan fingerprint density at radius 3 is 1.53 bits per heavy atom. The number of fused-ring (bicyclic) bond motifs is 6. The van der Waals surface area contributed by atoms with Crippen LogP contribution in [0.25, 0.3) is 33.4 Å². The molecule has 0 saturated heterocycles. The van der Waals surface area contributed by atoms with Crippen molar-refractivity contribution in [1.82, 2.24) is 0 Å². The monoisotopic (exact) mass is 705 g/mol. The minimum atomic E-state index is -0.494. The van der Waals surface area contributed by atoms with E-state index in [0.29, 0.717) is 0 Å². The quantitative estimate of drug-likeness (QED) is 0.166. The Labute approximate surface area is 325 Å². The van der Waals surface area contributed by atoms with E-state index in [4.69, 9.17) is 0 Å². The molecule has 1 heteroatoms. The number of aryl methyl sites for hydroxylation is 2. The van der Waals surface area contributed by atoms with Crippen molar-refractivity contribution in [3.05, 3.63) is 233 Å². The lowest BCUT2D eigenvalue weighted by molar-refractivity contribution is 0.660. The first-order valence-corrected chi connectivity index (χ1v) is 19.4. The molecular formula is C54H43N. The van der Waals surface area contributed by atoms with E-state index in [1.54, 1.807) is 0 Å². The molecule has 0 fully saturated rings. The summed E-state index contributed by atoms with van der Waals surface area (Å²) in [5, 5.41) is 0. The summed E-state index contributed by atoms with van der Waals surface area (Å²) in [6.45, 7) is 9.16. The van der Waals surface area contributed by atoms with E-state index in [-0.39, 0.29) is 5.41 Å². The molecule has 8 aromatic rings. The average Bonchev–Trinajstić information content (AvgIpc) is 3.65. The van der Waals surface area contributed by atoms with Crippen LogP contribution in [0.1, 0.15) is 58.4 Å². The molecule has 0 amide bonds. The summed E-state index contributed by atoms with van der Waals surface area (Å²) >= 11 is 0. The number of benzene rings is 8. The van der Waals surface area contributed by atoms with E-state index in [1.807, 2.05) is 0 Å². The van der Waals surface area contributed by atoms with Gasteiger partial charge >= 0.3 is 0 Å². The van der Waals surface area contributed by atoms with Gasteiger partial charge in [0.25, 0.3) is 0 Å². The van der Waals surface area contributed by atoms with Crippen LogP contribution in [-0.2, 0) is 10.8 Å². The summed E-state index contributed by atoms with van der Waals surface area (Å²) < 4.78 is 0. The summed E-state index contributed by atoms with van der Waals surface area (Å²) in [6, 6.07) is 70.3. The van der Waals surface area contributed by atoms with Crippen LogP contribution < -0.4 is 4.90 Å². The molecule has 10 rings (SSSR count). The fourth-order valence-corrected chi connectivity index (χ4v) is 9.65. The predicted molar refractivity (Wildman–Crippen MR) is 231 cm³/mol. The Morgan fingerprint density at radius 1 is 0.345 bits per heavy atom. The number of hydrogen-bond donors (Lipinski definition) is 0. The molecule has 1 nitrogen and oxygen atoms in total. The van der Waals surface area contributed by atoms with Gasteiger partial charge in [-0.1, -0.05) is 171 Å². The summed E-state index contributed by atoms with van der Waals surface area (Å²) in [4.78, 5) is 2.47. The molecule has 0 N–H and O–H groups in total. The Kier molecular flexibility index (Phi) is 7.58. The fourth-order valence-electron chi connectivity index (χ4n) is 9.65. The summed E-state index contributed by atoms with van der Waals surface area (Å²) in [5.74, 6) is 0. The van der Waals surface area contributed by atoms with Gasteiger partial charge < -0.3 is 4.90 Å². The lowest BCUT2D eigenvalue weighted by Gasteiger charge is -2.36. The van der Waals surface area contributed by atoms with Gasteiger partial charge in [-0.3, -0.25) is 0 Å². The maximum absolute atomic E-state index is 2.47. The van der Waals surface area contributed by atoms with E-state index in [1.165, 1.54) is 77.9 Å². The molecular weight excluding hydrogens is 663 g/mol. The van der Waals surface area contributed by atoms with E-state index in [2.05, 4.69) is 221 Å². The van der Waals surface area contributed by atoms with Crippen molar-refractivity contribution in [3.63, 3.8) is 0 Å². The topological polar surface area (TPSA) is 3.24 Å². The van der Waals surface area contributed by atoms with Gasteiger partial charge in [-0.15, -0.1) is 0 Å². The first-order valence-electron chi connectivity index (χ1n) is 19.4. The van der Waals surface area contributed by atoms with E-state index >= 15 is 0 Å². The second kappa shape index (κ2) is 12.6.